The van der Waals surface area contributed by atoms with Crippen LogP contribution in [-0.2, 0) is 9.59 Å². The Balaban J connectivity index is 2.47. The zero-order valence-corrected chi connectivity index (χ0v) is 11.5. The third-order valence-electron chi connectivity index (χ3n) is 4.12. The first-order chi connectivity index (χ1) is 8.36. The number of carbonyl (C=O) groups is 2. The van der Waals surface area contributed by atoms with Gasteiger partial charge in [-0.15, -0.1) is 0 Å². The Morgan fingerprint density at radius 3 is 2.39 bits per heavy atom. The molecule has 0 aromatic heterocycles. The molecule has 3 N–H and O–H groups in total. The predicted octanol–water partition coefficient (Wildman–Crippen LogP) is 1.57. The summed E-state index contributed by atoms with van der Waals surface area (Å²) in [4.78, 5) is 21.5. The van der Waals surface area contributed by atoms with Crippen LogP contribution < -0.4 is 11.2 Å². The fraction of sp³-hybridized carbons (Fsp3) is 0.769. The molecule has 0 aromatic carbocycles. The molecule has 1 saturated carbocycles. The lowest BCUT2D eigenvalue weighted by Gasteiger charge is -2.36. The molecule has 0 bridgehead atoms. The summed E-state index contributed by atoms with van der Waals surface area (Å²) in [6, 6.07) is 0. The van der Waals surface area contributed by atoms with Crippen LogP contribution in [0, 0.1) is 11.3 Å². The van der Waals surface area contributed by atoms with Gasteiger partial charge in [0.05, 0.1) is 0 Å². The molecule has 5 heteroatoms. The average Bonchev–Trinajstić information content (AvgIpc) is 2.36. The summed E-state index contributed by atoms with van der Waals surface area (Å²) in [5, 5.41) is 3.96. The first-order valence-electron chi connectivity index (χ1n) is 6.52. The van der Waals surface area contributed by atoms with Crippen LogP contribution in [0.2, 0.25) is 0 Å². The summed E-state index contributed by atoms with van der Waals surface area (Å²) in [5.74, 6) is -1.15. The van der Waals surface area contributed by atoms with Crippen molar-refractivity contribution in [1.29, 1.82) is 0 Å². The maximum Gasteiger partial charge on any atom is 0.329 e. The normalized spacial score (nSPS) is 20.4. The largest absolute Gasteiger partial charge is 0.361 e. The lowest BCUT2D eigenvalue weighted by atomic mass is 9.69. The molecule has 0 radical (unpaired) electrons. The van der Waals surface area contributed by atoms with Crippen molar-refractivity contribution in [2.24, 2.45) is 22.2 Å². The Morgan fingerprint density at radius 1 is 1.39 bits per heavy atom. The fourth-order valence-corrected chi connectivity index (χ4v) is 2.32. The highest BCUT2D eigenvalue weighted by Gasteiger charge is 2.30. The molecule has 0 unspecified atom stereocenters. The average molecular weight is 253 g/mol. The summed E-state index contributed by atoms with van der Waals surface area (Å²) in [6.45, 7) is 6.82. The molecular formula is C13H23N3O2. The van der Waals surface area contributed by atoms with E-state index in [1.807, 2.05) is 0 Å². The van der Waals surface area contributed by atoms with Gasteiger partial charge in [0.15, 0.2) is 0 Å². The summed E-state index contributed by atoms with van der Waals surface area (Å²) in [6.07, 6.45) is 5.11. The van der Waals surface area contributed by atoms with Gasteiger partial charge >= 0.3 is 11.8 Å². The number of hydrogen-bond acceptors (Lipinski definition) is 3. The van der Waals surface area contributed by atoms with Crippen LogP contribution in [-0.4, -0.2) is 17.5 Å². The smallest absolute Gasteiger partial charge is 0.329 e. The molecule has 1 aliphatic rings. The maximum atomic E-state index is 11.0. The third kappa shape index (κ3) is 3.82. The van der Waals surface area contributed by atoms with Gasteiger partial charge < -0.3 is 5.73 Å². The Labute approximate surface area is 108 Å². The van der Waals surface area contributed by atoms with E-state index in [9.17, 15) is 9.59 Å². The van der Waals surface area contributed by atoms with E-state index in [1.165, 1.54) is 6.42 Å². The van der Waals surface area contributed by atoms with E-state index < -0.39 is 11.8 Å². The quantitative estimate of drug-likeness (QED) is 0.591. The summed E-state index contributed by atoms with van der Waals surface area (Å²) >= 11 is 0. The second-order valence-electron chi connectivity index (χ2n) is 5.60. The zero-order valence-electron chi connectivity index (χ0n) is 11.5. The second-order valence-corrected chi connectivity index (χ2v) is 5.60. The van der Waals surface area contributed by atoms with E-state index in [0.29, 0.717) is 11.3 Å². The number of rotatable bonds is 3. The van der Waals surface area contributed by atoms with Crippen molar-refractivity contribution in [3.05, 3.63) is 0 Å². The Morgan fingerprint density at radius 2 is 1.94 bits per heavy atom. The summed E-state index contributed by atoms with van der Waals surface area (Å²) < 4.78 is 0. The third-order valence-corrected chi connectivity index (χ3v) is 4.12. The lowest BCUT2D eigenvalue weighted by Crippen LogP contribution is -2.34. The van der Waals surface area contributed by atoms with Crippen LogP contribution in [0.5, 0.6) is 0 Å². The highest BCUT2D eigenvalue weighted by molar-refractivity contribution is 6.34. The molecule has 0 spiro atoms. The number of nitrogens with zero attached hydrogens (tertiary/aromatic N) is 1. The van der Waals surface area contributed by atoms with Gasteiger partial charge in [0.2, 0.25) is 0 Å². The molecule has 0 aliphatic heterocycles. The minimum Gasteiger partial charge on any atom is -0.361 e. The van der Waals surface area contributed by atoms with Gasteiger partial charge in [-0.2, -0.15) is 5.10 Å². The fourth-order valence-electron chi connectivity index (χ4n) is 2.32. The maximum absolute atomic E-state index is 11.0. The van der Waals surface area contributed by atoms with Crippen LogP contribution in [0.3, 0.4) is 0 Å². The predicted molar refractivity (Wildman–Crippen MR) is 70.8 cm³/mol. The van der Waals surface area contributed by atoms with Crippen LogP contribution >= 0.6 is 0 Å². The van der Waals surface area contributed by atoms with Gasteiger partial charge in [-0.3, -0.25) is 9.59 Å². The minimum atomic E-state index is -1.000. The molecule has 102 valence electrons. The molecule has 2 amide bonds. The Kier molecular flexibility index (Phi) is 4.87. The topological polar surface area (TPSA) is 84.6 Å². The van der Waals surface area contributed by atoms with Crippen LogP contribution in [0.1, 0.15) is 52.9 Å². The van der Waals surface area contributed by atoms with Gasteiger partial charge in [0, 0.05) is 5.71 Å². The first kappa shape index (κ1) is 14.7. The van der Waals surface area contributed by atoms with Crippen molar-refractivity contribution in [3.63, 3.8) is 0 Å². The van der Waals surface area contributed by atoms with Crippen molar-refractivity contribution >= 4 is 17.5 Å². The van der Waals surface area contributed by atoms with Crippen molar-refractivity contribution in [3.8, 4) is 0 Å². The molecule has 0 heterocycles. The standard InChI is InChI=1S/C13H23N3O2/c1-4-13(2,3)9-5-7-10(8-6-9)15-16-12(18)11(14)17/h9H,4-8H2,1-3H3,(H2,14,17)(H,16,18). The van der Waals surface area contributed by atoms with Gasteiger partial charge in [-0.05, 0) is 37.0 Å². The zero-order chi connectivity index (χ0) is 13.8. The molecule has 18 heavy (non-hydrogen) atoms. The highest BCUT2D eigenvalue weighted by Crippen LogP contribution is 2.39. The van der Waals surface area contributed by atoms with E-state index in [4.69, 9.17) is 5.73 Å². The monoisotopic (exact) mass is 253 g/mol. The SMILES string of the molecule is CCC(C)(C)C1CCC(=NNC(=O)C(N)=O)CC1. The minimum absolute atomic E-state index is 0.363. The van der Waals surface area contributed by atoms with Crippen molar-refractivity contribution in [2.45, 2.75) is 52.9 Å². The van der Waals surface area contributed by atoms with Crippen LogP contribution in [0.15, 0.2) is 5.10 Å². The second kappa shape index (κ2) is 5.98. The van der Waals surface area contributed by atoms with Crippen molar-refractivity contribution in [1.82, 2.24) is 5.43 Å². The lowest BCUT2D eigenvalue weighted by molar-refractivity contribution is -0.137. The number of primary amides is 1. The highest BCUT2D eigenvalue weighted by atomic mass is 16.2. The number of hydrazone groups is 1. The van der Waals surface area contributed by atoms with Crippen LogP contribution in [0.25, 0.3) is 0 Å². The molecule has 1 fully saturated rings. The van der Waals surface area contributed by atoms with Gasteiger partial charge in [0.1, 0.15) is 0 Å². The molecule has 0 aromatic rings. The van der Waals surface area contributed by atoms with E-state index in [1.54, 1.807) is 0 Å². The molecule has 0 atom stereocenters. The van der Waals surface area contributed by atoms with E-state index >= 15 is 0 Å². The van der Waals surface area contributed by atoms with Gasteiger partial charge in [-0.25, -0.2) is 5.43 Å². The first-order valence-corrected chi connectivity index (χ1v) is 6.52. The molecule has 1 aliphatic carbocycles. The number of carbonyl (C=O) groups excluding carboxylic acids is 2. The number of amides is 2. The number of hydrogen-bond donors (Lipinski definition) is 2. The van der Waals surface area contributed by atoms with E-state index in [2.05, 4.69) is 31.3 Å². The molecule has 5 nitrogen and oxygen atoms in total. The van der Waals surface area contributed by atoms with Gasteiger partial charge in [0.25, 0.3) is 0 Å². The van der Waals surface area contributed by atoms with Crippen LogP contribution in [0.4, 0.5) is 0 Å². The van der Waals surface area contributed by atoms with E-state index in [-0.39, 0.29) is 0 Å². The molecule has 0 saturated heterocycles. The van der Waals surface area contributed by atoms with Crippen molar-refractivity contribution < 1.29 is 9.59 Å². The molecule has 1 rings (SSSR count). The molecular weight excluding hydrogens is 230 g/mol. The number of nitrogens with two attached hydrogens (primary N) is 1. The Bertz CT molecular complexity index is 351. The van der Waals surface area contributed by atoms with Crippen molar-refractivity contribution in [2.75, 3.05) is 0 Å². The Hall–Kier alpha value is -1.39. The summed E-state index contributed by atoms with van der Waals surface area (Å²) in [5.41, 5.74) is 8.34. The number of nitrogens with one attached hydrogen (secondary N) is 1. The van der Waals surface area contributed by atoms with Gasteiger partial charge in [-0.1, -0.05) is 27.2 Å². The van der Waals surface area contributed by atoms with E-state index in [0.717, 1.165) is 31.4 Å². The summed E-state index contributed by atoms with van der Waals surface area (Å²) in [7, 11) is 0.